The molecule has 2 aliphatic heterocycles. The average molecular weight is 470 g/mol. The summed E-state index contributed by atoms with van der Waals surface area (Å²) in [5.41, 5.74) is 8.56. The lowest BCUT2D eigenvalue weighted by molar-refractivity contribution is -0.118. The predicted molar refractivity (Wildman–Crippen MR) is 125 cm³/mol. The minimum atomic E-state index is -4.41. The monoisotopic (exact) mass is 469 g/mol. The van der Waals surface area contributed by atoms with E-state index in [-0.39, 0.29) is 5.57 Å². The van der Waals surface area contributed by atoms with Crippen molar-refractivity contribution in [1.82, 2.24) is 15.3 Å². The molecule has 10 heteroatoms. The molecular formula is C24H26F3N7. The van der Waals surface area contributed by atoms with Crippen molar-refractivity contribution >= 4 is 17.7 Å². The van der Waals surface area contributed by atoms with Crippen LogP contribution in [0.1, 0.15) is 30.4 Å². The molecule has 0 aliphatic carbocycles. The van der Waals surface area contributed by atoms with Gasteiger partial charge >= 0.3 is 6.18 Å². The topological polar surface area (TPSA) is 103 Å². The van der Waals surface area contributed by atoms with Gasteiger partial charge in [0.25, 0.3) is 0 Å². The zero-order valence-electron chi connectivity index (χ0n) is 18.6. The van der Waals surface area contributed by atoms with Crippen LogP contribution in [0.3, 0.4) is 0 Å². The van der Waals surface area contributed by atoms with Gasteiger partial charge in [0.1, 0.15) is 6.54 Å². The number of nitriles is 1. The van der Waals surface area contributed by atoms with Crippen molar-refractivity contribution in [1.29, 1.82) is 5.26 Å². The highest BCUT2D eigenvalue weighted by Crippen LogP contribution is 2.38. The SMILES string of the molecule is N#Cc1ccc(-c2nc(N3CCC4(CCNC4)CC3)ncc2C(C=NCC(F)(F)F)=CN)cc1. The molecule has 4 rings (SSSR count). The van der Waals surface area contributed by atoms with Gasteiger partial charge in [-0.25, -0.2) is 9.97 Å². The minimum absolute atomic E-state index is 0.282. The number of hydrogen-bond acceptors (Lipinski definition) is 7. The average Bonchev–Trinajstić information content (AvgIpc) is 3.29. The standard InChI is InChI=1S/C24H26F3N7/c25-24(26,27)16-31-13-19(12-29)20-14-32-22(33-21(20)18-3-1-17(11-28)2-4-18)34-9-6-23(7-10-34)5-8-30-15-23/h1-4,12-14,30H,5-10,15-16,29H2. The molecule has 2 aromatic rings. The smallest absolute Gasteiger partial charge is 0.404 e. The van der Waals surface area contributed by atoms with E-state index in [1.807, 2.05) is 0 Å². The quantitative estimate of drug-likeness (QED) is 0.650. The van der Waals surface area contributed by atoms with Crippen LogP contribution in [-0.2, 0) is 0 Å². The van der Waals surface area contributed by atoms with Crippen LogP contribution in [0.2, 0.25) is 0 Å². The van der Waals surface area contributed by atoms with Crippen molar-refractivity contribution in [3.05, 3.63) is 47.8 Å². The second kappa shape index (κ2) is 9.81. The van der Waals surface area contributed by atoms with Crippen LogP contribution in [0.15, 0.2) is 41.7 Å². The van der Waals surface area contributed by atoms with Crippen LogP contribution in [0.5, 0.6) is 0 Å². The van der Waals surface area contributed by atoms with E-state index >= 15 is 0 Å². The van der Waals surface area contributed by atoms with Crippen LogP contribution in [0.4, 0.5) is 19.1 Å². The number of nitrogens with one attached hydrogen (secondary N) is 1. The van der Waals surface area contributed by atoms with Gasteiger partial charge in [-0.05, 0) is 43.4 Å². The molecule has 7 nitrogen and oxygen atoms in total. The number of aromatic nitrogens is 2. The van der Waals surface area contributed by atoms with E-state index in [0.29, 0.717) is 33.7 Å². The van der Waals surface area contributed by atoms with Crippen LogP contribution >= 0.6 is 0 Å². The minimum Gasteiger partial charge on any atom is -0.404 e. The lowest BCUT2D eigenvalue weighted by atomic mass is 9.78. The number of anilines is 1. The van der Waals surface area contributed by atoms with Crippen LogP contribution in [-0.4, -0.2) is 55.1 Å². The summed E-state index contributed by atoms with van der Waals surface area (Å²) in [6.45, 7) is 2.46. The summed E-state index contributed by atoms with van der Waals surface area (Å²) in [4.78, 5) is 15.0. The Labute approximate surface area is 196 Å². The predicted octanol–water partition coefficient (Wildman–Crippen LogP) is 3.53. The molecule has 1 aromatic carbocycles. The summed E-state index contributed by atoms with van der Waals surface area (Å²) < 4.78 is 37.7. The Morgan fingerprint density at radius 2 is 1.97 bits per heavy atom. The van der Waals surface area contributed by atoms with Crippen LogP contribution in [0, 0.1) is 16.7 Å². The van der Waals surface area contributed by atoms with E-state index < -0.39 is 12.7 Å². The molecule has 0 radical (unpaired) electrons. The lowest BCUT2D eigenvalue weighted by Gasteiger charge is -2.39. The van der Waals surface area contributed by atoms with Crippen molar-refractivity contribution < 1.29 is 13.2 Å². The molecule has 2 aliphatic rings. The Morgan fingerprint density at radius 1 is 1.24 bits per heavy atom. The first-order chi connectivity index (χ1) is 16.3. The van der Waals surface area contributed by atoms with E-state index in [4.69, 9.17) is 16.0 Å². The molecule has 178 valence electrons. The number of benzene rings is 1. The number of rotatable bonds is 5. The summed E-state index contributed by atoms with van der Waals surface area (Å²) in [5, 5.41) is 12.6. The fourth-order valence-corrected chi connectivity index (χ4v) is 4.51. The van der Waals surface area contributed by atoms with Gasteiger partial charge in [0.15, 0.2) is 0 Å². The summed E-state index contributed by atoms with van der Waals surface area (Å²) in [5.74, 6) is 0.563. The maximum absolute atomic E-state index is 12.6. The van der Waals surface area contributed by atoms with Gasteiger partial charge in [0.2, 0.25) is 5.95 Å². The normalized spacial score (nSPS) is 18.5. The summed E-state index contributed by atoms with van der Waals surface area (Å²) in [6.07, 6.45) is 2.74. The van der Waals surface area contributed by atoms with E-state index in [1.54, 1.807) is 30.5 Å². The van der Waals surface area contributed by atoms with Crippen molar-refractivity contribution in [2.45, 2.75) is 25.4 Å². The molecule has 0 atom stereocenters. The molecule has 3 heterocycles. The fraction of sp³-hybridized carbons (Fsp3) is 0.417. The van der Waals surface area contributed by atoms with Gasteiger partial charge in [-0.3, -0.25) is 4.99 Å². The van der Waals surface area contributed by atoms with Crippen molar-refractivity contribution in [2.24, 2.45) is 16.1 Å². The highest BCUT2D eigenvalue weighted by atomic mass is 19.4. The molecule has 34 heavy (non-hydrogen) atoms. The highest BCUT2D eigenvalue weighted by Gasteiger charge is 2.37. The number of nitrogens with zero attached hydrogens (tertiary/aromatic N) is 5. The number of piperidine rings is 1. The first-order valence-corrected chi connectivity index (χ1v) is 11.1. The molecule has 1 aromatic heterocycles. The Hall–Kier alpha value is -3.45. The Morgan fingerprint density at radius 3 is 2.56 bits per heavy atom. The second-order valence-electron chi connectivity index (χ2n) is 8.74. The third-order valence-corrected chi connectivity index (χ3v) is 6.49. The Bertz CT molecular complexity index is 1100. The maximum Gasteiger partial charge on any atom is 0.407 e. The summed E-state index contributed by atoms with van der Waals surface area (Å²) >= 11 is 0. The Kier molecular flexibility index (Phi) is 6.84. The van der Waals surface area contributed by atoms with Gasteiger partial charge in [-0.15, -0.1) is 0 Å². The van der Waals surface area contributed by atoms with Gasteiger partial charge in [-0.2, -0.15) is 18.4 Å². The number of alkyl halides is 3. The van der Waals surface area contributed by atoms with E-state index in [0.717, 1.165) is 45.2 Å². The number of allylic oxidation sites excluding steroid dienone is 1. The lowest BCUT2D eigenvalue weighted by Crippen LogP contribution is -2.42. The third-order valence-electron chi connectivity index (χ3n) is 6.49. The van der Waals surface area contributed by atoms with Crippen molar-refractivity contribution in [3.8, 4) is 17.3 Å². The highest BCUT2D eigenvalue weighted by molar-refractivity contribution is 6.11. The zero-order chi connectivity index (χ0) is 24.2. The van der Waals surface area contributed by atoms with Gasteiger partial charge in [0.05, 0.1) is 17.3 Å². The fourth-order valence-electron chi connectivity index (χ4n) is 4.51. The zero-order valence-corrected chi connectivity index (χ0v) is 18.6. The maximum atomic E-state index is 12.6. The largest absolute Gasteiger partial charge is 0.407 e. The number of aliphatic imine (C=N–C) groups is 1. The van der Waals surface area contributed by atoms with Crippen molar-refractivity contribution in [2.75, 3.05) is 37.6 Å². The van der Waals surface area contributed by atoms with Crippen molar-refractivity contribution in [3.63, 3.8) is 0 Å². The Balaban J connectivity index is 1.66. The van der Waals surface area contributed by atoms with Gasteiger partial charge in [0, 0.05) is 54.9 Å². The molecule has 1 spiro atoms. The number of hydrogen-bond donors (Lipinski definition) is 2. The van der Waals surface area contributed by atoms with E-state index in [2.05, 4.69) is 26.3 Å². The van der Waals surface area contributed by atoms with Gasteiger partial charge in [-0.1, -0.05) is 12.1 Å². The molecule has 2 fully saturated rings. The van der Waals surface area contributed by atoms with E-state index in [9.17, 15) is 13.2 Å². The van der Waals surface area contributed by atoms with E-state index in [1.165, 1.54) is 12.6 Å². The summed E-state index contributed by atoms with van der Waals surface area (Å²) in [6, 6.07) is 8.92. The first-order valence-electron chi connectivity index (χ1n) is 11.1. The molecule has 3 N–H and O–H groups in total. The second-order valence-corrected chi connectivity index (χ2v) is 8.74. The van der Waals surface area contributed by atoms with Crippen LogP contribution < -0.4 is 16.0 Å². The van der Waals surface area contributed by atoms with Crippen LogP contribution in [0.25, 0.3) is 16.8 Å². The number of halogens is 3. The molecule has 0 bridgehead atoms. The molecule has 0 amide bonds. The molecular weight excluding hydrogens is 443 g/mol. The van der Waals surface area contributed by atoms with Gasteiger partial charge < -0.3 is 16.0 Å². The number of nitrogens with two attached hydrogens (primary N) is 1. The first kappa shape index (κ1) is 23.7. The third kappa shape index (κ3) is 5.37. The molecule has 2 saturated heterocycles. The summed E-state index contributed by atoms with van der Waals surface area (Å²) in [7, 11) is 0. The molecule has 0 unspecified atom stereocenters. The molecule has 0 saturated carbocycles.